The number of carbonyl (C=O) groups is 4. The summed E-state index contributed by atoms with van der Waals surface area (Å²) in [6.07, 6.45) is 2.33. The van der Waals surface area contributed by atoms with Gasteiger partial charge in [0.2, 0.25) is 11.4 Å². The van der Waals surface area contributed by atoms with Crippen LogP contribution in [0.15, 0.2) is 307 Å². The van der Waals surface area contributed by atoms with E-state index < -0.39 is 52.4 Å². The number of nitrogen functional groups attached to an aromatic ring is 1. The van der Waals surface area contributed by atoms with E-state index >= 15 is 14.4 Å². The Kier molecular flexibility index (Phi) is 19.9. The van der Waals surface area contributed by atoms with E-state index in [2.05, 4.69) is 52.1 Å². The third-order valence-corrected chi connectivity index (χ3v) is 19.6. The SMILES string of the molecule is COc1ccc(COC(=O)C2=C(C[n+]3cc(C(=O)OC(c4ccccc4)c4ccccc4)c(N)n4nccc43)CS[C@H]3[C@H](NC(=O)C(=NOC(c4ccccc4)(c4ccccc4)c4ccccc4)c4csc(NC(c5ccccc5)(c5ccccc5)c5ccccc5)n4)C(=O)N23)cc1.[I-]. The summed E-state index contributed by atoms with van der Waals surface area (Å²) >= 11 is 2.62. The molecule has 0 aliphatic carbocycles. The lowest BCUT2D eigenvalue weighted by Gasteiger charge is -2.49. The van der Waals surface area contributed by atoms with Crippen molar-refractivity contribution in [2.24, 2.45) is 5.16 Å². The number of oxime groups is 1. The molecule has 20 heteroatoms. The Morgan fingerprint density at radius 3 is 1.66 bits per heavy atom. The first-order valence-corrected chi connectivity index (χ1v) is 33.6. The van der Waals surface area contributed by atoms with E-state index in [4.69, 9.17) is 34.9 Å². The van der Waals surface area contributed by atoms with Gasteiger partial charge in [0.15, 0.2) is 22.5 Å². The van der Waals surface area contributed by atoms with Crippen LogP contribution in [0.3, 0.4) is 0 Å². The standard InChI is InChI=1S/C79H63N9O8S2.HI/c1-93-63-44-42-53(43-45-63)50-94-76(92)69-56(48-86-49-64(71(80)88-66(86)46-47-81-88)75(91)95-70(54-26-10-2-11-27-54)55-28-12-3-13-29-55)51-97-74-68(73(90)87(69)74)83-72(89)67(85-96-79(60-36-20-7-21-37-60,61-38-22-8-23-39-61)62-40-24-9-25-41-62)65-52-98-77(82-65)84-78(57-30-14-4-15-31-57,58-32-16-5-17-33-58)59-34-18-6-19-35-59;/h2-47,49,52,68,70,74,80H,48,50-51H2,1H3,(H2,82,83,84,89);1H/t68-,74+;/m1./s1. The molecule has 3 aromatic heterocycles. The molecule has 4 N–H and O–H groups in total. The molecule has 17 nitrogen and oxygen atoms in total. The van der Waals surface area contributed by atoms with Crippen LogP contribution in [0.1, 0.15) is 72.2 Å². The van der Waals surface area contributed by atoms with Gasteiger partial charge in [-0.15, -0.1) is 23.1 Å². The molecule has 0 bridgehead atoms. The molecule has 2 atom stereocenters. The van der Waals surface area contributed by atoms with E-state index in [1.807, 2.05) is 206 Å². The van der Waals surface area contributed by atoms with Crippen LogP contribution in [-0.4, -0.2) is 73.2 Å². The van der Waals surface area contributed by atoms with Crippen molar-refractivity contribution in [1.29, 1.82) is 0 Å². The number of hydrogen-bond donors (Lipinski definition) is 3. The number of nitrogens with two attached hydrogens (primary N) is 1. The number of amides is 2. The Labute approximate surface area is 596 Å². The Bertz CT molecular complexity index is 4660. The first-order chi connectivity index (χ1) is 48.1. The summed E-state index contributed by atoms with van der Waals surface area (Å²) < 4.78 is 21.0. The largest absolute Gasteiger partial charge is 1.00 e. The maximum atomic E-state index is 15.8. The van der Waals surface area contributed by atoms with Crippen LogP contribution in [0.4, 0.5) is 10.9 Å². The fourth-order valence-corrected chi connectivity index (χ4v) is 14.8. The second kappa shape index (κ2) is 29.7. The topological polar surface area (TPSA) is 205 Å². The number of halogens is 1. The zero-order valence-corrected chi connectivity index (χ0v) is 57.1. The molecule has 9 aromatic carbocycles. The van der Waals surface area contributed by atoms with Crippen LogP contribution in [-0.2, 0) is 53.0 Å². The summed E-state index contributed by atoms with van der Waals surface area (Å²) in [4.78, 5) is 74.4. The summed E-state index contributed by atoms with van der Waals surface area (Å²) in [6, 6.07) is 85.7. The number of rotatable bonds is 23. The van der Waals surface area contributed by atoms with Crippen molar-refractivity contribution in [2.75, 3.05) is 23.9 Å². The highest BCUT2D eigenvalue weighted by atomic mass is 127. The van der Waals surface area contributed by atoms with Crippen molar-refractivity contribution in [3.63, 3.8) is 0 Å². The number of nitrogens with one attached hydrogen (secondary N) is 2. The molecule has 2 amide bonds. The van der Waals surface area contributed by atoms with Crippen molar-refractivity contribution in [2.45, 2.75) is 41.8 Å². The minimum atomic E-state index is -1.43. The molecular formula is C79H64IN9O8S2. The smallest absolute Gasteiger partial charge is 0.355 e. The average molecular weight is 1460 g/mol. The second-order valence-corrected chi connectivity index (χ2v) is 25.3. The van der Waals surface area contributed by atoms with Gasteiger partial charge in [-0.2, -0.15) is 0 Å². The molecular weight excluding hydrogens is 1390 g/mol. The van der Waals surface area contributed by atoms with E-state index in [-0.39, 0.29) is 71.4 Å². The molecule has 492 valence electrons. The number of methoxy groups -OCH3 is 1. The summed E-state index contributed by atoms with van der Waals surface area (Å²) in [6.45, 7) is -0.185. The minimum Gasteiger partial charge on any atom is -1.00 e. The van der Waals surface area contributed by atoms with Gasteiger partial charge in [-0.1, -0.05) is 270 Å². The number of anilines is 2. The van der Waals surface area contributed by atoms with Gasteiger partial charge in [0.25, 0.3) is 11.8 Å². The predicted octanol–water partition coefficient (Wildman–Crippen LogP) is 9.83. The molecule has 5 heterocycles. The Balaban J connectivity index is 0.00000880. The molecule has 0 spiro atoms. The van der Waals surface area contributed by atoms with Crippen molar-refractivity contribution in [3.8, 4) is 5.75 Å². The van der Waals surface area contributed by atoms with Crippen LogP contribution in [0, 0.1) is 0 Å². The van der Waals surface area contributed by atoms with Crippen LogP contribution in [0.25, 0.3) is 5.65 Å². The first-order valence-electron chi connectivity index (χ1n) is 31.7. The van der Waals surface area contributed by atoms with Gasteiger partial charge >= 0.3 is 17.6 Å². The number of carbonyl (C=O) groups excluding carboxylic acids is 4. The molecule has 1 fully saturated rings. The lowest BCUT2D eigenvalue weighted by Crippen LogP contribution is -3.00. The summed E-state index contributed by atoms with van der Waals surface area (Å²) in [5, 5.41) is 17.7. The van der Waals surface area contributed by atoms with E-state index in [9.17, 15) is 4.79 Å². The van der Waals surface area contributed by atoms with Gasteiger partial charge in [-0.3, -0.25) is 14.5 Å². The van der Waals surface area contributed by atoms with E-state index in [0.29, 0.717) is 27.7 Å². The third-order valence-electron chi connectivity index (χ3n) is 17.5. The Hall–Kier alpha value is -11.2. The molecule has 0 radical (unpaired) electrons. The van der Waals surface area contributed by atoms with Crippen LogP contribution in [0.2, 0.25) is 0 Å². The van der Waals surface area contributed by atoms with Gasteiger partial charge < -0.3 is 59.4 Å². The second-order valence-electron chi connectivity index (χ2n) is 23.3. The number of benzene rings is 9. The summed E-state index contributed by atoms with van der Waals surface area (Å²) in [7, 11) is 1.56. The number of fused-ring (bicyclic) bond motifs is 2. The fourth-order valence-electron chi connectivity index (χ4n) is 12.7. The number of nitrogens with zero attached hydrogens (tertiary/aromatic N) is 6. The molecule has 2 aliphatic heterocycles. The molecule has 0 saturated carbocycles. The highest BCUT2D eigenvalue weighted by molar-refractivity contribution is 8.00. The van der Waals surface area contributed by atoms with E-state index in [0.717, 1.165) is 44.5 Å². The molecule has 2 aliphatic rings. The number of ether oxygens (including phenoxy) is 3. The van der Waals surface area contributed by atoms with Gasteiger partial charge in [0, 0.05) is 33.4 Å². The van der Waals surface area contributed by atoms with Gasteiger partial charge in [0.1, 0.15) is 53.4 Å². The molecule has 0 unspecified atom stereocenters. The number of aromatic nitrogens is 4. The molecule has 99 heavy (non-hydrogen) atoms. The summed E-state index contributed by atoms with van der Waals surface area (Å²) in [5.74, 6) is -2.07. The number of hydrogen-bond acceptors (Lipinski definition) is 15. The average Bonchev–Trinajstić information content (AvgIpc) is 1.65. The summed E-state index contributed by atoms with van der Waals surface area (Å²) in [5.41, 5.74) is 12.3. The molecule has 1 saturated heterocycles. The maximum absolute atomic E-state index is 15.8. The minimum absolute atomic E-state index is 0. The fraction of sp³-hybridized carbons (Fsp3) is 0.114. The number of β-lactam (4-membered cyclic amide) rings is 1. The van der Waals surface area contributed by atoms with Gasteiger partial charge in [-0.05, 0) is 45.5 Å². The van der Waals surface area contributed by atoms with Crippen LogP contribution in [0.5, 0.6) is 5.75 Å². The number of esters is 2. The van der Waals surface area contributed by atoms with Crippen molar-refractivity contribution in [1.82, 2.24) is 24.8 Å². The highest BCUT2D eigenvalue weighted by Gasteiger charge is 2.55. The van der Waals surface area contributed by atoms with Crippen molar-refractivity contribution in [3.05, 3.63) is 363 Å². The third kappa shape index (κ3) is 13.3. The van der Waals surface area contributed by atoms with Gasteiger partial charge in [-0.25, -0.2) is 19.1 Å². The lowest BCUT2D eigenvalue weighted by atomic mass is 9.77. The highest BCUT2D eigenvalue weighted by Crippen LogP contribution is 2.45. The first kappa shape index (κ1) is 66.4. The zero-order valence-electron chi connectivity index (χ0n) is 53.3. The predicted molar refractivity (Wildman–Crippen MR) is 377 cm³/mol. The number of thioether (sulfide) groups is 1. The monoisotopic (exact) mass is 1460 g/mol. The van der Waals surface area contributed by atoms with Gasteiger partial charge in [0.05, 0.1) is 19.4 Å². The molecule has 14 rings (SSSR count). The number of thiazole rings is 1. The molecule has 12 aromatic rings. The van der Waals surface area contributed by atoms with Crippen LogP contribution < -0.4 is 49.6 Å². The van der Waals surface area contributed by atoms with Crippen molar-refractivity contribution < 1.29 is 66.8 Å². The Morgan fingerprint density at radius 2 is 1.15 bits per heavy atom. The Morgan fingerprint density at radius 1 is 0.657 bits per heavy atom. The van der Waals surface area contributed by atoms with E-state index in [1.54, 1.807) is 59.8 Å². The van der Waals surface area contributed by atoms with E-state index in [1.165, 1.54) is 32.5 Å². The normalized spacial score (nSPS) is 14.5. The quantitative estimate of drug-likeness (QED) is 0.0104. The maximum Gasteiger partial charge on any atom is 0.355 e. The van der Waals surface area contributed by atoms with Crippen LogP contribution >= 0.6 is 23.1 Å². The lowest BCUT2D eigenvalue weighted by molar-refractivity contribution is -0.666. The zero-order chi connectivity index (χ0) is 67.0. The van der Waals surface area contributed by atoms with Crippen molar-refractivity contribution >= 4 is 69.2 Å².